The van der Waals surface area contributed by atoms with Crippen molar-refractivity contribution >= 4 is 0 Å². The van der Waals surface area contributed by atoms with Crippen LogP contribution < -0.4 is 14.2 Å². The summed E-state index contributed by atoms with van der Waals surface area (Å²) < 4.78 is 16.9. The van der Waals surface area contributed by atoms with E-state index in [1.807, 2.05) is 6.07 Å². The van der Waals surface area contributed by atoms with Crippen LogP contribution in [-0.2, 0) is 6.42 Å². The predicted molar refractivity (Wildman–Crippen MR) is 75.5 cm³/mol. The fourth-order valence-corrected chi connectivity index (χ4v) is 2.20. The number of rotatable bonds is 5. The fourth-order valence-electron chi connectivity index (χ4n) is 2.20. The molecule has 1 aliphatic rings. The number of nitrogens with zero attached hydrogens (tertiary/aromatic N) is 1. The van der Waals surface area contributed by atoms with E-state index >= 15 is 0 Å². The van der Waals surface area contributed by atoms with Crippen molar-refractivity contribution in [2.24, 2.45) is 0 Å². The van der Waals surface area contributed by atoms with Crippen LogP contribution in [0.15, 0.2) is 12.1 Å². The second-order valence-corrected chi connectivity index (χ2v) is 5.07. The molecule has 4 nitrogen and oxygen atoms in total. The Morgan fingerprint density at radius 2 is 1.84 bits per heavy atom. The molecule has 4 heteroatoms. The first-order valence-electron chi connectivity index (χ1n) is 6.82. The van der Waals surface area contributed by atoms with Gasteiger partial charge in [0.25, 0.3) is 0 Å². The molecule has 19 heavy (non-hydrogen) atoms. The van der Waals surface area contributed by atoms with E-state index in [0.29, 0.717) is 6.61 Å². The molecule has 0 bridgehead atoms. The van der Waals surface area contributed by atoms with Gasteiger partial charge in [-0.25, -0.2) is 0 Å². The summed E-state index contributed by atoms with van der Waals surface area (Å²) in [6, 6.07) is 4.01. The summed E-state index contributed by atoms with van der Waals surface area (Å²) in [4.78, 5) is 2.19. The number of aryl methyl sites for hydroxylation is 1. The number of ether oxygens (including phenoxy) is 3. The van der Waals surface area contributed by atoms with Crippen molar-refractivity contribution in [1.82, 2.24) is 4.90 Å². The maximum atomic E-state index is 5.73. The lowest BCUT2D eigenvalue weighted by Crippen LogP contribution is -2.13. The topological polar surface area (TPSA) is 30.9 Å². The molecule has 0 spiro atoms. The summed E-state index contributed by atoms with van der Waals surface area (Å²) in [5, 5.41) is 0. The largest absolute Gasteiger partial charge is 0.496 e. The van der Waals surface area contributed by atoms with E-state index in [0.717, 1.165) is 49.7 Å². The molecule has 0 atom stereocenters. The van der Waals surface area contributed by atoms with Crippen LogP contribution in [0.5, 0.6) is 17.2 Å². The lowest BCUT2D eigenvalue weighted by molar-refractivity contribution is 0.296. The van der Waals surface area contributed by atoms with Gasteiger partial charge in [0.2, 0.25) is 0 Å². The van der Waals surface area contributed by atoms with E-state index in [2.05, 4.69) is 25.1 Å². The third-order valence-electron chi connectivity index (χ3n) is 3.20. The Labute approximate surface area is 115 Å². The fraction of sp³-hybridized carbons (Fsp3) is 0.600. The minimum Gasteiger partial charge on any atom is -0.496 e. The van der Waals surface area contributed by atoms with Crippen molar-refractivity contribution in [2.75, 3.05) is 41.0 Å². The third kappa shape index (κ3) is 3.77. The van der Waals surface area contributed by atoms with Crippen molar-refractivity contribution in [3.05, 3.63) is 17.7 Å². The molecule has 1 aromatic rings. The molecule has 1 heterocycles. The average Bonchev–Trinajstić information content (AvgIpc) is 2.62. The van der Waals surface area contributed by atoms with Gasteiger partial charge in [-0.15, -0.1) is 0 Å². The summed E-state index contributed by atoms with van der Waals surface area (Å²) in [7, 11) is 5.88. The molecule has 0 radical (unpaired) electrons. The van der Waals surface area contributed by atoms with Crippen molar-refractivity contribution in [3.63, 3.8) is 0 Å². The van der Waals surface area contributed by atoms with Gasteiger partial charge in [0.05, 0.1) is 20.3 Å². The average molecular weight is 265 g/mol. The molecular formula is C15H23NO3. The van der Waals surface area contributed by atoms with Gasteiger partial charge in [0.1, 0.15) is 5.75 Å². The number of hydrogen-bond donors (Lipinski definition) is 0. The standard InChI is InChI=1S/C15H23NO3/c1-16(2)7-4-6-12-10-14-15(11-13(12)17-3)19-9-5-8-18-14/h10-11H,4-9H2,1-3H3. The highest BCUT2D eigenvalue weighted by Crippen LogP contribution is 2.36. The Bertz CT molecular complexity index is 418. The highest BCUT2D eigenvalue weighted by atomic mass is 16.5. The zero-order chi connectivity index (χ0) is 13.7. The smallest absolute Gasteiger partial charge is 0.164 e. The van der Waals surface area contributed by atoms with Crippen LogP contribution in [0.4, 0.5) is 0 Å². The van der Waals surface area contributed by atoms with Crippen LogP contribution in [0.2, 0.25) is 0 Å². The molecule has 0 saturated carbocycles. The van der Waals surface area contributed by atoms with E-state index in [9.17, 15) is 0 Å². The first-order valence-corrected chi connectivity index (χ1v) is 6.82. The molecule has 0 aromatic heterocycles. The molecule has 0 saturated heterocycles. The van der Waals surface area contributed by atoms with Crippen molar-refractivity contribution < 1.29 is 14.2 Å². The van der Waals surface area contributed by atoms with E-state index < -0.39 is 0 Å². The van der Waals surface area contributed by atoms with E-state index in [1.54, 1.807) is 7.11 Å². The van der Waals surface area contributed by atoms with Gasteiger partial charge in [-0.2, -0.15) is 0 Å². The number of fused-ring (bicyclic) bond motifs is 1. The molecule has 0 amide bonds. The monoisotopic (exact) mass is 265 g/mol. The highest BCUT2D eigenvalue weighted by molar-refractivity contribution is 5.51. The molecule has 1 aliphatic heterocycles. The second-order valence-electron chi connectivity index (χ2n) is 5.07. The van der Waals surface area contributed by atoms with Crippen molar-refractivity contribution in [2.45, 2.75) is 19.3 Å². The van der Waals surface area contributed by atoms with Crippen LogP contribution in [0.25, 0.3) is 0 Å². The Morgan fingerprint density at radius 1 is 1.16 bits per heavy atom. The molecule has 2 rings (SSSR count). The minimum atomic E-state index is 0.704. The number of hydrogen-bond acceptors (Lipinski definition) is 4. The lowest BCUT2D eigenvalue weighted by atomic mass is 10.1. The molecule has 0 fully saturated rings. The van der Waals surface area contributed by atoms with Gasteiger partial charge in [0, 0.05) is 12.5 Å². The van der Waals surface area contributed by atoms with Crippen LogP contribution in [0.1, 0.15) is 18.4 Å². The van der Waals surface area contributed by atoms with Crippen LogP contribution in [0.3, 0.4) is 0 Å². The molecule has 0 aliphatic carbocycles. The first-order chi connectivity index (χ1) is 9.20. The van der Waals surface area contributed by atoms with Gasteiger partial charge in [0.15, 0.2) is 11.5 Å². The van der Waals surface area contributed by atoms with Gasteiger partial charge in [-0.3, -0.25) is 0 Å². The van der Waals surface area contributed by atoms with E-state index in [1.165, 1.54) is 5.56 Å². The van der Waals surface area contributed by atoms with Gasteiger partial charge < -0.3 is 19.1 Å². The van der Waals surface area contributed by atoms with E-state index in [-0.39, 0.29) is 0 Å². The zero-order valence-electron chi connectivity index (χ0n) is 12.1. The lowest BCUT2D eigenvalue weighted by Gasteiger charge is -2.15. The molecular weight excluding hydrogens is 242 g/mol. The third-order valence-corrected chi connectivity index (χ3v) is 3.20. The molecule has 0 N–H and O–H groups in total. The van der Waals surface area contributed by atoms with E-state index in [4.69, 9.17) is 14.2 Å². The molecule has 0 unspecified atom stereocenters. The Kier molecular flexibility index (Phi) is 4.91. The van der Waals surface area contributed by atoms with Crippen molar-refractivity contribution in [3.8, 4) is 17.2 Å². The normalized spacial score (nSPS) is 14.3. The van der Waals surface area contributed by atoms with Crippen LogP contribution in [0, 0.1) is 0 Å². The Balaban J connectivity index is 2.14. The highest BCUT2D eigenvalue weighted by Gasteiger charge is 2.15. The molecule has 106 valence electrons. The maximum absolute atomic E-state index is 5.73. The minimum absolute atomic E-state index is 0.704. The SMILES string of the molecule is COc1cc2c(cc1CCCN(C)C)OCCCO2. The summed E-state index contributed by atoms with van der Waals surface area (Å²) >= 11 is 0. The number of methoxy groups -OCH3 is 1. The van der Waals surface area contributed by atoms with Crippen molar-refractivity contribution in [1.29, 1.82) is 0 Å². The summed E-state index contributed by atoms with van der Waals surface area (Å²) in [6.45, 7) is 2.49. The first kappa shape index (κ1) is 14.0. The zero-order valence-corrected chi connectivity index (χ0v) is 12.1. The number of benzene rings is 1. The quantitative estimate of drug-likeness (QED) is 0.817. The van der Waals surface area contributed by atoms with Gasteiger partial charge >= 0.3 is 0 Å². The summed E-state index contributed by atoms with van der Waals surface area (Å²) in [5.41, 5.74) is 1.19. The van der Waals surface area contributed by atoms with Crippen LogP contribution in [-0.4, -0.2) is 45.9 Å². The van der Waals surface area contributed by atoms with Gasteiger partial charge in [-0.05, 0) is 45.1 Å². The second kappa shape index (κ2) is 6.66. The predicted octanol–water partition coefficient (Wildman–Crippen LogP) is 2.35. The summed E-state index contributed by atoms with van der Waals surface area (Å²) in [5.74, 6) is 2.53. The maximum Gasteiger partial charge on any atom is 0.164 e. The Hall–Kier alpha value is -1.42. The Morgan fingerprint density at radius 3 is 2.47 bits per heavy atom. The van der Waals surface area contributed by atoms with Gasteiger partial charge in [-0.1, -0.05) is 0 Å². The molecule has 1 aromatic carbocycles. The van der Waals surface area contributed by atoms with Crippen LogP contribution >= 0.6 is 0 Å². The summed E-state index contributed by atoms with van der Waals surface area (Å²) in [6.07, 6.45) is 3.01.